The summed E-state index contributed by atoms with van der Waals surface area (Å²) < 4.78 is 15.4. The molecule has 2 heterocycles. The van der Waals surface area contributed by atoms with Gasteiger partial charge in [0.25, 0.3) is 0 Å². The second kappa shape index (κ2) is 8.52. The summed E-state index contributed by atoms with van der Waals surface area (Å²) in [6, 6.07) is 6.03. The molecule has 0 unspecified atom stereocenters. The molecular formula is C20H27FN4O2. The molecule has 0 fully saturated rings. The van der Waals surface area contributed by atoms with Gasteiger partial charge in [-0.1, -0.05) is 19.9 Å². The highest BCUT2D eigenvalue weighted by molar-refractivity contribution is 5.78. The van der Waals surface area contributed by atoms with Crippen molar-refractivity contribution in [2.24, 2.45) is 5.92 Å². The standard InChI is InChI=1S/C20H27FN4O2/c1-14(2)12-24-6-3-7-25-17(13-24)10-16(23-25)11-22-20(27)9-15-4-5-19(26)18(21)8-15/h4-5,8,10,14,26H,3,6-7,9,11-13H2,1-2H3,(H,22,27). The molecule has 0 radical (unpaired) electrons. The monoisotopic (exact) mass is 374 g/mol. The van der Waals surface area contributed by atoms with Crippen LogP contribution in [0.5, 0.6) is 5.75 Å². The van der Waals surface area contributed by atoms with E-state index in [1.54, 1.807) is 6.07 Å². The minimum atomic E-state index is -0.718. The van der Waals surface area contributed by atoms with Gasteiger partial charge in [-0.2, -0.15) is 5.10 Å². The van der Waals surface area contributed by atoms with Crippen molar-refractivity contribution in [3.8, 4) is 5.75 Å². The van der Waals surface area contributed by atoms with Gasteiger partial charge < -0.3 is 10.4 Å². The van der Waals surface area contributed by atoms with Crippen molar-refractivity contribution in [1.29, 1.82) is 0 Å². The topological polar surface area (TPSA) is 70.4 Å². The molecule has 146 valence electrons. The summed E-state index contributed by atoms with van der Waals surface area (Å²) in [4.78, 5) is 14.6. The summed E-state index contributed by atoms with van der Waals surface area (Å²) in [6.45, 7) is 8.73. The molecule has 0 saturated heterocycles. The lowest BCUT2D eigenvalue weighted by atomic mass is 10.1. The van der Waals surface area contributed by atoms with Crippen LogP contribution in [0, 0.1) is 11.7 Å². The number of aryl methyl sites for hydroxylation is 1. The molecule has 1 aromatic carbocycles. The number of nitrogens with zero attached hydrogens (tertiary/aromatic N) is 3. The van der Waals surface area contributed by atoms with Gasteiger partial charge in [0.1, 0.15) is 0 Å². The minimum Gasteiger partial charge on any atom is -0.505 e. The van der Waals surface area contributed by atoms with Gasteiger partial charge >= 0.3 is 0 Å². The molecule has 2 N–H and O–H groups in total. The van der Waals surface area contributed by atoms with E-state index in [0.29, 0.717) is 18.0 Å². The van der Waals surface area contributed by atoms with Crippen LogP contribution in [0.15, 0.2) is 24.3 Å². The van der Waals surface area contributed by atoms with Crippen LogP contribution in [0.1, 0.15) is 37.2 Å². The quantitative estimate of drug-likeness (QED) is 0.815. The second-order valence-electron chi connectivity index (χ2n) is 7.57. The third-order valence-corrected chi connectivity index (χ3v) is 4.61. The number of nitrogens with one attached hydrogen (secondary N) is 1. The first-order chi connectivity index (χ1) is 12.9. The first kappa shape index (κ1) is 19.4. The average Bonchev–Trinajstić information content (AvgIpc) is 2.88. The molecule has 2 aromatic rings. The zero-order valence-corrected chi connectivity index (χ0v) is 15.9. The Labute approximate surface area is 159 Å². The highest BCUT2D eigenvalue weighted by Crippen LogP contribution is 2.17. The van der Waals surface area contributed by atoms with Gasteiger partial charge in [-0.05, 0) is 36.1 Å². The van der Waals surface area contributed by atoms with E-state index in [1.165, 1.54) is 17.8 Å². The lowest BCUT2D eigenvalue weighted by Crippen LogP contribution is -2.27. The molecule has 1 aromatic heterocycles. The van der Waals surface area contributed by atoms with Gasteiger partial charge in [-0.3, -0.25) is 14.4 Å². The van der Waals surface area contributed by atoms with E-state index in [2.05, 4.69) is 35.2 Å². The molecule has 6 nitrogen and oxygen atoms in total. The van der Waals surface area contributed by atoms with Crippen LogP contribution in [0.4, 0.5) is 4.39 Å². The number of aromatic nitrogens is 2. The smallest absolute Gasteiger partial charge is 0.224 e. The molecule has 27 heavy (non-hydrogen) atoms. The van der Waals surface area contributed by atoms with E-state index in [-0.39, 0.29) is 12.3 Å². The second-order valence-corrected chi connectivity index (χ2v) is 7.57. The number of carbonyl (C=O) groups is 1. The number of benzene rings is 1. The number of hydrogen-bond acceptors (Lipinski definition) is 4. The van der Waals surface area contributed by atoms with Gasteiger partial charge in [0, 0.05) is 26.2 Å². The molecule has 7 heteroatoms. The number of hydrogen-bond donors (Lipinski definition) is 2. The van der Waals surface area contributed by atoms with Gasteiger partial charge in [0.05, 0.1) is 24.4 Å². The third-order valence-electron chi connectivity index (χ3n) is 4.61. The average molecular weight is 374 g/mol. The molecule has 0 saturated carbocycles. The maximum absolute atomic E-state index is 13.4. The fourth-order valence-corrected chi connectivity index (χ4v) is 3.44. The van der Waals surface area contributed by atoms with Crippen LogP contribution in [0.3, 0.4) is 0 Å². The Morgan fingerprint density at radius 3 is 2.89 bits per heavy atom. The van der Waals surface area contributed by atoms with Gasteiger partial charge in [-0.25, -0.2) is 4.39 Å². The SMILES string of the molecule is CC(C)CN1CCCn2nc(CNC(=O)Cc3ccc(O)c(F)c3)cc2C1. The van der Waals surface area contributed by atoms with Crippen molar-refractivity contribution in [3.05, 3.63) is 47.0 Å². The number of amides is 1. The Bertz CT molecular complexity index is 803. The van der Waals surface area contributed by atoms with Crippen molar-refractivity contribution in [2.75, 3.05) is 13.1 Å². The number of carbonyl (C=O) groups excluding carboxylic acids is 1. The maximum Gasteiger partial charge on any atom is 0.224 e. The number of aromatic hydroxyl groups is 1. The Hall–Kier alpha value is -2.41. The van der Waals surface area contributed by atoms with Crippen LogP contribution in [-0.2, 0) is 30.8 Å². The zero-order valence-electron chi connectivity index (χ0n) is 15.9. The third kappa shape index (κ3) is 5.29. The number of halogens is 1. The number of rotatable bonds is 6. The van der Waals surface area contributed by atoms with Gasteiger partial charge in [-0.15, -0.1) is 0 Å². The first-order valence-corrected chi connectivity index (χ1v) is 9.42. The van der Waals surface area contributed by atoms with Gasteiger partial charge in [0.15, 0.2) is 11.6 Å². The molecule has 1 amide bonds. The molecule has 3 rings (SSSR count). The van der Waals surface area contributed by atoms with E-state index in [0.717, 1.165) is 38.3 Å². The van der Waals surface area contributed by atoms with E-state index in [4.69, 9.17) is 0 Å². The lowest BCUT2D eigenvalue weighted by Gasteiger charge is -2.21. The summed E-state index contributed by atoms with van der Waals surface area (Å²) in [5, 5.41) is 16.7. The Kier molecular flexibility index (Phi) is 6.11. The van der Waals surface area contributed by atoms with Crippen LogP contribution in [0.2, 0.25) is 0 Å². The van der Waals surface area contributed by atoms with E-state index >= 15 is 0 Å². The van der Waals surface area contributed by atoms with E-state index in [9.17, 15) is 14.3 Å². The normalized spacial score (nSPS) is 14.8. The first-order valence-electron chi connectivity index (χ1n) is 9.42. The summed E-state index contributed by atoms with van der Waals surface area (Å²) in [5.74, 6) is -0.707. The fraction of sp³-hybridized carbons (Fsp3) is 0.500. The van der Waals surface area contributed by atoms with Gasteiger partial charge in [0.2, 0.25) is 5.91 Å². The zero-order chi connectivity index (χ0) is 19.4. The lowest BCUT2D eigenvalue weighted by molar-refractivity contribution is -0.120. The highest BCUT2D eigenvalue weighted by atomic mass is 19.1. The van der Waals surface area contributed by atoms with Crippen molar-refractivity contribution in [1.82, 2.24) is 20.0 Å². The number of phenols is 1. The molecule has 1 aliphatic heterocycles. The maximum atomic E-state index is 13.4. The number of fused-ring (bicyclic) bond motifs is 1. The van der Waals surface area contributed by atoms with Crippen molar-refractivity contribution in [3.63, 3.8) is 0 Å². The Balaban J connectivity index is 1.55. The molecule has 0 spiro atoms. The summed E-state index contributed by atoms with van der Waals surface area (Å²) >= 11 is 0. The Morgan fingerprint density at radius 1 is 1.33 bits per heavy atom. The summed E-state index contributed by atoms with van der Waals surface area (Å²) in [5.41, 5.74) is 2.53. The van der Waals surface area contributed by atoms with Crippen LogP contribution >= 0.6 is 0 Å². The summed E-state index contributed by atoms with van der Waals surface area (Å²) in [6.07, 6.45) is 1.13. The molecular weight excluding hydrogens is 347 g/mol. The van der Waals surface area contributed by atoms with Crippen molar-refractivity contribution >= 4 is 5.91 Å². The minimum absolute atomic E-state index is 0.0624. The van der Waals surface area contributed by atoms with Crippen molar-refractivity contribution in [2.45, 2.75) is 46.3 Å². The fourth-order valence-electron chi connectivity index (χ4n) is 3.44. The molecule has 0 atom stereocenters. The van der Waals surface area contributed by atoms with Crippen LogP contribution in [0.25, 0.3) is 0 Å². The molecule has 0 aliphatic carbocycles. The molecule has 0 bridgehead atoms. The predicted octanol–water partition coefficient (Wildman–Crippen LogP) is 2.45. The summed E-state index contributed by atoms with van der Waals surface area (Å²) in [7, 11) is 0. The Morgan fingerprint density at radius 2 is 2.15 bits per heavy atom. The van der Waals surface area contributed by atoms with Crippen LogP contribution < -0.4 is 5.32 Å². The van der Waals surface area contributed by atoms with E-state index in [1.807, 2.05) is 4.68 Å². The predicted molar refractivity (Wildman–Crippen MR) is 101 cm³/mol. The largest absolute Gasteiger partial charge is 0.505 e. The van der Waals surface area contributed by atoms with E-state index < -0.39 is 11.6 Å². The van der Waals surface area contributed by atoms with Crippen molar-refractivity contribution < 1.29 is 14.3 Å². The molecule has 1 aliphatic rings. The highest BCUT2D eigenvalue weighted by Gasteiger charge is 2.17. The number of phenolic OH excluding ortho intramolecular Hbond substituents is 1. The van der Waals surface area contributed by atoms with Crippen LogP contribution in [-0.4, -0.2) is 38.8 Å².